The number of aryl methyl sites for hydroxylation is 1. The molecule has 0 aliphatic carbocycles. The van der Waals surface area contributed by atoms with Gasteiger partial charge >= 0.3 is 0 Å². The standard InChI is InChI=1S/C6H10ClN3O2S/c1-5-6(2-8-10-5)3-9-13(11,12)4-7/h2,9H,3-4H2,1H3,(H,8,10). The molecule has 1 heterocycles. The summed E-state index contributed by atoms with van der Waals surface area (Å²) in [6.45, 7) is 2.04. The second-order valence-corrected chi connectivity index (χ2v) is 4.96. The molecule has 0 radical (unpaired) electrons. The molecule has 74 valence electrons. The monoisotopic (exact) mass is 223 g/mol. The summed E-state index contributed by atoms with van der Waals surface area (Å²) in [7, 11) is -3.34. The van der Waals surface area contributed by atoms with E-state index in [2.05, 4.69) is 14.9 Å². The van der Waals surface area contributed by atoms with Crippen LogP contribution in [0.5, 0.6) is 0 Å². The number of halogens is 1. The Bertz CT molecular complexity index is 373. The van der Waals surface area contributed by atoms with E-state index in [0.29, 0.717) is 0 Å². The van der Waals surface area contributed by atoms with Crippen LogP contribution >= 0.6 is 11.6 Å². The summed E-state index contributed by atoms with van der Waals surface area (Å²) < 4.78 is 24.2. The Hall–Kier alpha value is -0.590. The van der Waals surface area contributed by atoms with E-state index in [0.717, 1.165) is 11.3 Å². The summed E-state index contributed by atoms with van der Waals surface area (Å²) in [4.78, 5) is 0. The van der Waals surface area contributed by atoms with Crippen LogP contribution in [-0.2, 0) is 16.6 Å². The largest absolute Gasteiger partial charge is 0.283 e. The molecule has 0 saturated heterocycles. The van der Waals surface area contributed by atoms with Crippen LogP contribution in [0.2, 0.25) is 0 Å². The number of rotatable bonds is 4. The predicted octanol–water partition coefficient (Wildman–Crippen LogP) is 0.334. The van der Waals surface area contributed by atoms with E-state index in [-0.39, 0.29) is 6.54 Å². The van der Waals surface area contributed by atoms with Gasteiger partial charge in [-0.25, -0.2) is 13.1 Å². The summed E-state index contributed by atoms with van der Waals surface area (Å²) in [6.07, 6.45) is 1.58. The van der Waals surface area contributed by atoms with E-state index in [1.165, 1.54) is 0 Å². The van der Waals surface area contributed by atoms with E-state index in [1.54, 1.807) is 6.20 Å². The molecular weight excluding hydrogens is 214 g/mol. The van der Waals surface area contributed by atoms with E-state index in [1.807, 2.05) is 6.92 Å². The van der Waals surface area contributed by atoms with Gasteiger partial charge in [0, 0.05) is 17.8 Å². The lowest BCUT2D eigenvalue weighted by atomic mass is 10.3. The highest BCUT2D eigenvalue weighted by molar-refractivity contribution is 7.90. The zero-order chi connectivity index (χ0) is 9.90. The van der Waals surface area contributed by atoms with Gasteiger partial charge in [0.05, 0.1) is 6.20 Å². The van der Waals surface area contributed by atoms with Gasteiger partial charge in [0.15, 0.2) is 0 Å². The maximum absolute atomic E-state index is 10.9. The first-order valence-electron chi connectivity index (χ1n) is 3.57. The summed E-state index contributed by atoms with van der Waals surface area (Å²) in [5.74, 6) is 0. The van der Waals surface area contributed by atoms with Crippen LogP contribution < -0.4 is 4.72 Å². The minimum atomic E-state index is -3.34. The van der Waals surface area contributed by atoms with Crippen molar-refractivity contribution in [2.24, 2.45) is 0 Å². The molecule has 2 N–H and O–H groups in total. The summed E-state index contributed by atoms with van der Waals surface area (Å²) in [5.41, 5.74) is 1.66. The van der Waals surface area contributed by atoms with Gasteiger partial charge in [0.25, 0.3) is 0 Å². The molecule has 0 unspecified atom stereocenters. The normalized spacial score (nSPS) is 11.8. The summed E-state index contributed by atoms with van der Waals surface area (Å²) in [5, 5.41) is 6.03. The second-order valence-electron chi connectivity index (χ2n) is 2.57. The molecule has 0 amide bonds. The Kier molecular flexibility index (Phi) is 3.29. The van der Waals surface area contributed by atoms with Gasteiger partial charge in [0.2, 0.25) is 10.0 Å². The number of aromatic amines is 1. The Labute approximate surface area is 81.5 Å². The lowest BCUT2D eigenvalue weighted by Gasteiger charge is -2.01. The molecule has 13 heavy (non-hydrogen) atoms. The second kappa shape index (κ2) is 4.08. The van der Waals surface area contributed by atoms with Crippen LogP contribution in [0.15, 0.2) is 6.20 Å². The number of hydrogen-bond donors (Lipinski definition) is 2. The third-order valence-electron chi connectivity index (χ3n) is 1.56. The topological polar surface area (TPSA) is 74.8 Å². The number of sulfonamides is 1. The zero-order valence-electron chi connectivity index (χ0n) is 7.04. The molecule has 1 aromatic heterocycles. The minimum Gasteiger partial charge on any atom is -0.283 e. The number of aromatic nitrogens is 2. The molecule has 0 bridgehead atoms. The van der Waals surface area contributed by atoms with Crippen molar-refractivity contribution < 1.29 is 8.42 Å². The van der Waals surface area contributed by atoms with E-state index in [9.17, 15) is 8.42 Å². The lowest BCUT2D eigenvalue weighted by molar-refractivity contribution is 0.586. The molecule has 0 atom stereocenters. The fourth-order valence-corrected chi connectivity index (χ4v) is 1.46. The SMILES string of the molecule is Cc1[nH]ncc1CNS(=O)(=O)CCl. The Morgan fingerprint density at radius 3 is 2.85 bits per heavy atom. The quantitative estimate of drug-likeness (QED) is 0.723. The highest BCUT2D eigenvalue weighted by atomic mass is 35.5. The fourth-order valence-electron chi connectivity index (χ4n) is 0.780. The van der Waals surface area contributed by atoms with Crippen molar-refractivity contribution >= 4 is 21.6 Å². The van der Waals surface area contributed by atoms with Gasteiger partial charge in [-0.1, -0.05) is 0 Å². The van der Waals surface area contributed by atoms with Crippen LogP contribution in [0.1, 0.15) is 11.3 Å². The number of nitrogens with one attached hydrogen (secondary N) is 2. The smallest absolute Gasteiger partial charge is 0.225 e. The first kappa shape index (κ1) is 10.5. The van der Waals surface area contributed by atoms with Gasteiger partial charge in [0.1, 0.15) is 5.21 Å². The molecule has 0 aliphatic rings. The van der Waals surface area contributed by atoms with Gasteiger partial charge in [-0.3, -0.25) is 5.10 Å². The minimum absolute atomic E-state index is 0.220. The number of H-pyrrole nitrogens is 1. The van der Waals surface area contributed by atoms with Crippen molar-refractivity contribution in [1.29, 1.82) is 0 Å². The van der Waals surface area contributed by atoms with Crippen molar-refractivity contribution in [3.8, 4) is 0 Å². The first-order chi connectivity index (χ1) is 6.05. The molecule has 1 rings (SSSR count). The molecule has 0 saturated carbocycles. The van der Waals surface area contributed by atoms with Gasteiger partial charge in [-0.05, 0) is 6.92 Å². The van der Waals surface area contributed by atoms with Crippen LogP contribution in [0, 0.1) is 6.92 Å². The highest BCUT2D eigenvalue weighted by Gasteiger charge is 2.08. The van der Waals surface area contributed by atoms with Crippen molar-refractivity contribution in [1.82, 2.24) is 14.9 Å². The summed E-state index contributed by atoms with van der Waals surface area (Å²) in [6, 6.07) is 0. The van der Waals surface area contributed by atoms with Gasteiger partial charge in [-0.2, -0.15) is 5.10 Å². The van der Waals surface area contributed by atoms with Crippen molar-refractivity contribution in [3.05, 3.63) is 17.5 Å². The van der Waals surface area contributed by atoms with Crippen molar-refractivity contribution in [2.75, 3.05) is 5.21 Å². The van der Waals surface area contributed by atoms with Crippen LogP contribution in [0.25, 0.3) is 0 Å². The van der Waals surface area contributed by atoms with Crippen LogP contribution in [-0.4, -0.2) is 23.8 Å². The number of alkyl halides is 1. The van der Waals surface area contributed by atoms with Crippen molar-refractivity contribution in [3.63, 3.8) is 0 Å². The Balaban J connectivity index is 2.58. The Morgan fingerprint density at radius 1 is 1.69 bits per heavy atom. The average molecular weight is 224 g/mol. The molecule has 0 aromatic carbocycles. The molecule has 5 nitrogen and oxygen atoms in total. The number of hydrogen-bond acceptors (Lipinski definition) is 3. The maximum atomic E-state index is 10.9. The molecular formula is C6H10ClN3O2S. The lowest BCUT2D eigenvalue weighted by Crippen LogP contribution is -2.23. The van der Waals surface area contributed by atoms with E-state index >= 15 is 0 Å². The fraction of sp³-hybridized carbons (Fsp3) is 0.500. The van der Waals surface area contributed by atoms with Crippen LogP contribution in [0.3, 0.4) is 0 Å². The maximum Gasteiger partial charge on any atom is 0.225 e. The van der Waals surface area contributed by atoms with Crippen molar-refractivity contribution in [2.45, 2.75) is 13.5 Å². The molecule has 0 fully saturated rings. The highest BCUT2D eigenvalue weighted by Crippen LogP contribution is 2.02. The zero-order valence-corrected chi connectivity index (χ0v) is 8.61. The van der Waals surface area contributed by atoms with Gasteiger partial charge in [-0.15, -0.1) is 11.6 Å². The third kappa shape index (κ3) is 2.98. The van der Waals surface area contributed by atoms with E-state index < -0.39 is 15.2 Å². The Morgan fingerprint density at radius 2 is 2.38 bits per heavy atom. The van der Waals surface area contributed by atoms with E-state index in [4.69, 9.17) is 11.6 Å². The third-order valence-corrected chi connectivity index (χ3v) is 3.29. The van der Waals surface area contributed by atoms with Crippen LogP contribution in [0.4, 0.5) is 0 Å². The summed E-state index contributed by atoms with van der Waals surface area (Å²) >= 11 is 5.20. The average Bonchev–Trinajstić information content (AvgIpc) is 2.48. The number of nitrogens with zero attached hydrogens (tertiary/aromatic N) is 1. The molecule has 0 aliphatic heterocycles. The van der Waals surface area contributed by atoms with Gasteiger partial charge < -0.3 is 0 Å². The molecule has 0 spiro atoms. The first-order valence-corrected chi connectivity index (χ1v) is 5.76. The molecule has 7 heteroatoms. The molecule has 1 aromatic rings. The predicted molar refractivity (Wildman–Crippen MR) is 49.8 cm³/mol.